The maximum absolute atomic E-state index is 10.5. The third kappa shape index (κ3) is 1.88. The van der Waals surface area contributed by atoms with Gasteiger partial charge in [-0.1, -0.05) is 6.92 Å². The van der Waals surface area contributed by atoms with Crippen LogP contribution in [0.3, 0.4) is 0 Å². The Hall–Kier alpha value is -0.160. The lowest BCUT2D eigenvalue weighted by Crippen LogP contribution is -2.61. The number of aliphatic hydroxyl groups excluding tert-OH is 3. The van der Waals surface area contributed by atoms with E-state index in [1.165, 1.54) is 6.42 Å². The molecular weight excluding hydrogens is 316 g/mol. The van der Waals surface area contributed by atoms with E-state index in [-0.39, 0.29) is 35.2 Å². The van der Waals surface area contributed by atoms with Crippen LogP contribution in [0.25, 0.3) is 0 Å². The Kier molecular flexibility index (Phi) is 3.54. The molecule has 0 aromatic rings. The molecule has 142 valence electrons. The minimum absolute atomic E-state index is 0.00234. The quantitative estimate of drug-likeness (QED) is 0.669. The lowest BCUT2D eigenvalue weighted by molar-refractivity contribution is -0.173. The molecule has 4 nitrogen and oxygen atoms in total. The highest BCUT2D eigenvalue weighted by atomic mass is 16.6. The molecule has 1 heterocycles. The minimum Gasteiger partial charge on any atom is -0.396 e. The van der Waals surface area contributed by atoms with Crippen LogP contribution in [0.4, 0.5) is 0 Å². The van der Waals surface area contributed by atoms with Gasteiger partial charge in [-0.15, -0.1) is 0 Å². The van der Waals surface area contributed by atoms with Crippen LogP contribution in [0.15, 0.2) is 0 Å². The number of epoxide rings is 1. The Balaban J connectivity index is 1.51. The molecular formula is C21H34O4. The number of rotatable bonds is 2. The molecule has 1 spiro atoms. The van der Waals surface area contributed by atoms with E-state index in [1.54, 1.807) is 0 Å². The van der Waals surface area contributed by atoms with Crippen molar-refractivity contribution < 1.29 is 20.1 Å². The Labute approximate surface area is 151 Å². The number of hydrogen-bond acceptors (Lipinski definition) is 4. The summed E-state index contributed by atoms with van der Waals surface area (Å²) in [4.78, 5) is 0. The molecule has 1 saturated heterocycles. The van der Waals surface area contributed by atoms with Crippen molar-refractivity contribution in [2.24, 2.45) is 34.5 Å². The Bertz CT molecular complexity index is 564. The largest absolute Gasteiger partial charge is 0.396 e. The van der Waals surface area contributed by atoms with Crippen molar-refractivity contribution in [2.45, 2.75) is 89.1 Å². The third-order valence-electron chi connectivity index (χ3n) is 9.70. The van der Waals surface area contributed by atoms with Gasteiger partial charge < -0.3 is 20.1 Å². The van der Waals surface area contributed by atoms with Gasteiger partial charge in [0, 0.05) is 12.0 Å². The number of ether oxygens (including phenoxy) is 1. The van der Waals surface area contributed by atoms with Gasteiger partial charge in [0.05, 0.1) is 18.3 Å². The minimum atomic E-state index is -0.261. The first kappa shape index (κ1) is 17.0. The summed E-state index contributed by atoms with van der Waals surface area (Å²) in [7, 11) is 0. The van der Waals surface area contributed by atoms with Crippen LogP contribution in [0, 0.1) is 34.5 Å². The fourth-order valence-corrected chi connectivity index (χ4v) is 8.55. The van der Waals surface area contributed by atoms with Gasteiger partial charge in [-0.25, -0.2) is 0 Å². The Morgan fingerprint density at radius 1 is 1.08 bits per heavy atom. The number of hydrogen-bond donors (Lipinski definition) is 3. The second kappa shape index (κ2) is 5.21. The molecule has 0 aromatic carbocycles. The zero-order valence-corrected chi connectivity index (χ0v) is 15.7. The predicted octanol–water partition coefficient (Wildman–Crippen LogP) is 2.49. The van der Waals surface area contributed by atoms with Crippen molar-refractivity contribution in [3.05, 3.63) is 0 Å². The van der Waals surface area contributed by atoms with Crippen LogP contribution >= 0.6 is 0 Å². The maximum atomic E-state index is 10.5. The average molecular weight is 350 g/mol. The molecule has 1 aliphatic heterocycles. The molecule has 4 aliphatic carbocycles. The van der Waals surface area contributed by atoms with Gasteiger partial charge in [-0.2, -0.15) is 0 Å². The van der Waals surface area contributed by atoms with Crippen LogP contribution < -0.4 is 0 Å². The highest BCUT2D eigenvalue weighted by Crippen LogP contribution is 2.76. The predicted molar refractivity (Wildman–Crippen MR) is 93.8 cm³/mol. The normalized spacial score (nSPS) is 60.8. The summed E-state index contributed by atoms with van der Waals surface area (Å²) in [5.41, 5.74) is 0.0447. The summed E-state index contributed by atoms with van der Waals surface area (Å²) in [6.07, 6.45) is 8.11. The van der Waals surface area contributed by atoms with Gasteiger partial charge in [0.25, 0.3) is 0 Å². The summed E-state index contributed by atoms with van der Waals surface area (Å²) in [6.45, 7) is 4.59. The van der Waals surface area contributed by atoms with Crippen LogP contribution in [0.2, 0.25) is 0 Å². The van der Waals surface area contributed by atoms with E-state index in [1.807, 2.05) is 6.92 Å². The topological polar surface area (TPSA) is 73.2 Å². The summed E-state index contributed by atoms with van der Waals surface area (Å²) in [5.74, 6) is 1.87. The van der Waals surface area contributed by atoms with Crippen molar-refractivity contribution in [3.8, 4) is 0 Å². The molecule has 5 rings (SSSR count). The van der Waals surface area contributed by atoms with Gasteiger partial charge in [-0.3, -0.25) is 0 Å². The van der Waals surface area contributed by atoms with E-state index >= 15 is 0 Å². The van der Waals surface area contributed by atoms with E-state index in [0.717, 1.165) is 44.9 Å². The molecule has 4 heteroatoms. The van der Waals surface area contributed by atoms with E-state index in [0.29, 0.717) is 29.8 Å². The number of aliphatic hydroxyl groups is 3. The highest BCUT2D eigenvalue weighted by molar-refractivity contribution is 5.28. The summed E-state index contributed by atoms with van der Waals surface area (Å²) in [6, 6.07) is 0. The molecule has 5 fully saturated rings. The zero-order chi connectivity index (χ0) is 17.6. The molecule has 25 heavy (non-hydrogen) atoms. The van der Waals surface area contributed by atoms with Crippen molar-refractivity contribution in [2.75, 3.05) is 6.61 Å². The molecule has 3 N–H and O–H groups in total. The summed E-state index contributed by atoms with van der Waals surface area (Å²) in [5, 5.41) is 31.0. The fourth-order valence-electron chi connectivity index (χ4n) is 8.55. The molecule has 4 saturated carbocycles. The van der Waals surface area contributed by atoms with Crippen LogP contribution in [0.5, 0.6) is 0 Å². The van der Waals surface area contributed by atoms with Crippen molar-refractivity contribution >= 4 is 0 Å². The summed E-state index contributed by atoms with van der Waals surface area (Å²) < 4.78 is 6.45. The standard InChI is InChI=1S/C21H34O4/c1-12(23)17-10-18-21(25-18)16-4-3-13-9-14(24)5-8-20(13,11-22)15(16)6-7-19(17,21)2/h12-18,22-24H,3-11H2,1-2H3/t12?,13-,14-,15-,16+,17+,18+,19+,20+,21+/m0/s1. The molecule has 10 atom stereocenters. The van der Waals surface area contributed by atoms with Gasteiger partial charge in [0.2, 0.25) is 0 Å². The van der Waals surface area contributed by atoms with E-state index in [4.69, 9.17) is 4.74 Å². The highest BCUT2D eigenvalue weighted by Gasteiger charge is 2.81. The van der Waals surface area contributed by atoms with Crippen LogP contribution in [-0.4, -0.2) is 45.8 Å². The zero-order valence-electron chi connectivity index (χ0n) is 15.7. The van der Waals surface area contributed by atoms with Crippen molar-refractivity contribution in [3.63, 3.8) is 0 Å². The molecule has 0 radical (unpaired) electrons. The summed E-state index contributed by atoms with van der Waals surface area (Å²) >= 11 is 0. The van der Waals surface area contributed by atoms with Gasteiger partial charge >= 0.3 is 0 Å². The van der Waals surface area contributed by atoms with Gasteiger partial charge in [0.1, 0.15) is 5.60 Å². The second-order valence-electron chi connectivity index (χ2n) is 10.2. The van der Waals surface area contributed by atoms with E-state index in [2.05, 4.69) is 6.92 Å². The average Bonchev–Trinajstić information content (AvgIpc) is 3.24. The van der Waals surface area contributed by atoms with Crippen LogP contribution in [0.1, 0.15) is 65.2 Å². The van der Waals surface area contributed by atoms with Crippen molar-refractivity contribution in [1.29, 1.82) is 0 Å². The monoisotopic (exact) mass is 350 g/mol. The SMILES string of the molecule is CC(O)[C@H]1C[C@H]2O[C@]23[C@@H]2CC[C@H]4C[C@@H](O)CC[C@]4(CO)[C@H]2CC[C@]13C. The first-order valence-corrected chi connectivity index (χ1v) is 10.5. The number of fused-ring (bicyclic) bond motifs is 3. The van der Waals surface area contributed by atoms with Crippen LogP contribution in [-0.2, 0) is 4.74 Å². The fraction of sp³-hybridized carbons (Fsp3) is 1.00. The van der Waals surface area contributed by atoms with Gasteiger partial charge in [0.15, 0.2) is 0 Å². The molecule has 5 aliphatic rings. The first-order valence-electron chi connectivity index (χ1n) is 10.5. The smallest absolute Gasteiger partial charge is 0.104 e. The molecule has 0 aromatic heterocycles. The maximum Gasteiger partial charge on any atom is 0.104 e. The molecule has 0 amide bonds. The Morgan fingerprint density at radius 2 is 1.88 bits per heavy atom. The lowest BCUT2D eigenvalue weighted by atomic mass is 9.43. The van der Waals surface area contributed by atoms with Crippen molar-refractivity contribution in [1.82, 2.24) is 0 Å². The Morgan fingerprint density at radius 3 is 2.60 bits per heavy atom. The van der Waals surface area contributed by atoms with E-state index in [9.17, 15) is 15.3 Å². The molecule has 0 bridgehead atoms. The first-order chi connectivity index (χ1) is 11.9. The second-order valence-corrected chi connectivity index (χ2v) is 10.2. The van der Waals surface area contributed by atoms with E-state index < -0.39 is 0 Å². The lowest BCUT2D eigenvalue weighted by Gasteiger charge is -2.61. The van der Waals surface area contributed by atoms with Gasteiger partial charge in [-0.05, 0) is 87.4 Å². The molecule has 1 unspecified atom stereocenters. The third-order valence-corrected chi connectivity index (χ3v) is 9.70.